The number of hydrogen-bond donors (Lipinski definition) is 0. The van der Waals surface area contributed by atoms with E-state index in [1.165, 1.54) is 0 Å². The molecule has 3 nitrogen and oxygen atoms in total. The van der Waals surface area contributed by atoms with Crippen molar-refractivity contribution in [3.8, 4) is 16.9 Å². The van der Waals surface area contributed by atoms with Crippen molar-refractivity contribution in [2.75, 3.05) is 0 Å². The summed E-state index contributed by atoms with van der Waals surface area (Å²) in [6.45, 7) is 0. The Hall–Kier alpha value is -3.98. The fourth-order valence-corrected chi connectivity index (χ4v) is 3.63. The average molecular weight is 374 g/mol. The van der Waals surface area contributed by atoms with E-state index in [9.17, 15) is 4.79 Å². The number of fused-ring (bicyclic) bond motifs is 1. The van der Waals surface area contributed by atoms with Crippen LogP contribution in [0.2, 0.25) is 0 Å². The molecular weight excluding hydrogens is 356 g/mol. The zero-order chi connectivity index (χ0) is 19.6. The van der Waals surface area contributed by atoms with Gasteiger partial charge in [-0.3, -0.25) is 4.79 Å². The summed E-state index contributed by atoms with van der Waals surface area (Å²) in [4.78, 5) is 13.4. The molecular formula is C26H18N2O. The van der Waals surface area contributed by atoms with Crippen molar-refractivity contribution in [1.82, 2.24) is 9.78 Å². The quantitative estimate of drug-likeness (QED) is 0.366. The summed E-state index contributed by atoms with van der Waals surface area (Å²) in [6, 6.07) is 33.5. The molecule has 1 aromatic heterocycles. The fraction of sp³-hybridized carbons (Fsp3) is 0. The molecule has 0 fully saturated rings. The lowest BCUT2D eigenvalue weighted by atomic mass is 9.96. The van der Waals surface area contributed by atoms with Crippen LogP contribution < -0.4 is 0 Å². The van der Waals surface area contributed by atoms with Gasteiger partial charge in [0.05, 0.1) is 11.3 Å². The van der Waals surface area contributed by atoms with Gasteiger partial charge in [0, 0.05) is 17.3 Å². The number of rotatable bonds is 4. The van der Waals surface area contributed by atoms with Gasteiger partial charge >= 0.3 is 0 Å². The lowest BCUT2D eigenvalue weighted by Gasteiger charge is -2.06. The number of hydrogen-bond acceptors (Lipinski definition) is 2. The van der Waals surface area contributed by atoms with Crippen LogP contribution in [-0.2, 0) is 0 Å². The third-order valence-corrected chi connectivity index (χ3v) is 5.06. The molecule has 0 spiro atoms. The minimum absolute atomic E-state index is 0.0317. The molecule has 5 aromatic rings. The SMILES string of the molecule is O=C(c1ccccc1)c1cn(-c2ccccc2)nc1-c1cccc2ccccc12. The van der Waals surface area contributed by atoms with Gasteiger partial charge < -0.3 is 0 Å². The molecule has 0 saturated heterocycles. The summed E-state index contributed by atoms with van der Waals surface area (Å²) < 4.78 is 1.78. The number of nitrogens with zero attached hydrogens (tertiary/aromatic N) is 2. The van der Waals surface area contributed by atoms with E-state index >= 15 is 0 Å². The molecule has 0 N–H and O–H groups in total. The Morgan fingerprint density at radius 1 is 0.690 bits per heavy atom. The number of para-hydroxylation sites is 1. The molecule has 5 rings (SSSR count). The lowest BCUT2D eigenvalue weighted by molar-refractivity contribution is 0.103. The van der Waals surface area contributed by atoms with Crippen LogP contribution in [0.3, 0.4) is 0 Å². The fourth-order valence-electron chi connectivity index (χ4n) is 3.63. The summed E-state index contributed by atoms with van der Waals surface area (Å²) in [7, 11) is 0. The Morgan fingerprint density at radius 2 is 1.34 bits per heavy atom. The largest absolute Gasteiger partial charge is 0.288 e. The molecule has 0 amide bonds. The van der Waals surface area contributed by atoms with Gasteiger partial charge in [0.25, 0.3) is 0 Å². The van der Waals surface area contributed by atoms with Crippen LogP contribution in [0.25, 0.3) is 27.7 Å². The van der Waals surface area contributed by atoms with Gasteiger partial charge in [0.15, 0.2) is 5.78 Å². The first-order valence-electron chi connectivity index (χ1n) is 9.54. The normalized spacial score (nSPS) is 10.9. The molecule has 0 atom stereocenters. The minimum Gasteiger partial charge on any atom is -0.288 e. The monoisotopic (exact) mass is 374 g/mol. The minimum atomic E-state index is -0.0317. The number of ketones is 1. The van der Waals surface area contributed by atoms with Gasteiger partial charge in [0.2, 0.25) is 0 Å². The maximum atomic E-state index is 13.4. The van der Waals surface area contributed by atoms with Crippen LogP contribution >= 0.6 is 0 Å². The van der Waals surface area contributed by atoms with Gasteiger partial charge in [0.1, 0.15) is 5.69 Å². The van der Waals surface area contributed by atoms with Crippen LogP contribution in [0.15, 0.2) is 109 Å². The highest BCUT2D eigenvalue weighted by Gasteiger charge is 2.21. The Kier molecular flexibility index (Phi) is 4.26. The lowest BCUT2D eigenvalue weighted by Crippen LogP contribution is -2.01. The standard InChI is InChI=1S/C26H18N2O/c29-26(20-11-3-1-4-12-20)24-18-28(21-14-5-2-6-15-21)27-25(24)23-17-9-13-19-10-7-8-16-22(19)23/h1-18H. The second-order valence-electron chi connectivity index (χ2n) is 6.89. The van der Waals surface area contributed by atoms with Crippen LogP contribution in [0.5, 0.6) is 0 Å². The van der Waals surface area contributed by atoms with Crippen LogP contribution in [0.1, 0.15) is 15.9 Å². The highest BCUT2D eigenvalue weighted by molar-refractivity contribution is 6.13. The van der Waals surface area contributed by atoms with E-state index in [-0.39, 0.29) is 5.78 Å². The Balaban J connectivity index is 1.75. The van der Waals surface area contributed by atoms with E-state index in [1.54, 1.807) is 4.68 Å². The van der Waals surface area contributed by atoms with Crippen LogP contribution in [0.4, 0.5) is 0 Å². The molecule has 0 unspecified atom stereocenters. The number of aromatic nitrogens is 2. The topological polar surface area (TPSA) is 34.9 Å². The van der Waals surface area contributed by atoms with Crippen LogP contribution in [-0.4, -0.2) is 15.6 Å². The average Bonchev–Trinajstić information content (AvgIpc) is 3.24. The summed E-state index contributed by atoms with van der Waals surface area (Å²) in [5.74, 6) is -0.0317. The van der Waals surface area contributed by atoms with E-state index < -0.39 is 0 Å². The predicted molar refractivity (Wildman–Crippen MR) is 116 cm³/mol. The third kappa shape index (κ3) is 3.13. The van der Waals surface area contributed by atoms with E-state index in [2.05, 4.69) is 18.2 Å². The molecule has 0 radical (unpaired) electrons. The summed E-state index contributed by atoms with van der Waals surface area (Å²) in [5.41, 5.74) is 3.82. The molecule has 138 valence electrons. The molecule has 1 heterocycles. The molecule has 0 bridgehead atoms. The second kappa shape index (κ2) is 7.21. The zero-order valence-corrected chi connectivity index (χ0v) is 15.7. The first-order valence-corrected chi connectivity index (χ1v) is 9.54. The Bertz CT molecular complexity index is 1300. The Labute approximate surface area is 168 Å². The van der Waals surface area contributed by atoms with E-state index in [0.29, 0.717) is 16.8 Å². The first-order chi connectivity index (χ1) is 14.3. The molecule has 0 aliphatic carbocycles. The third-order valence-electron chi connectivity index (χ3n) is 5.06. The van der Waals surface area contributed by atoms with Crippen molar-refractivity contribution in [1.29, 1.82) is 0 Å². The molecule has 29 heavy (non-hydrogen) atoms. The molecule has 0 aliphatic rings. The van der Waals surface area contributed by atoms with E-state index in [0.717, 1.165) is 22.0 Å². The van der Waals surface area contributed by atoms with Gasteiger partial charge in [-0.05, 0) is 22.9 Å². The van der Waals surface area contributed by atoms with Crippen molar-refractivity contribution < 1.29 is 4.79 Å². The van der Waals surface area contributed by atoms with Crippen molar-refractivity contribution in [3.63, 3.8) is 0 Å². The molecule has 0 saturated carbocycles. The van der Waals surface area contributed by atoms with Gasteiger partial charge in [-0.2, -0.15) is 5.10 Å². The maximum Gasteiger partial charge on any atom is 0.196 e. The van der Waals surface area contributed by atoms with Crippen molar-refractivity contribution in [2.45, 2.75) is 0 Å². The molecule has 4 aromatic carbocycles. The predicted octanol–water partition coefficient (Wildman–Crippen LogP) is 5.92. The van der Waals surface area contributed by atoms with Crippen molar-refractivity contribution >= 4 is 16.6 Å². The van der Waals surface area contributed by atoms with Crippen molar-refractivity contribution in [2.24, 2.45) is 0 Å². The second-order valence-corrected chi connectivity index (χ2v) is 6.89. The van der Waals surface area contributed by atoms with Crippen LogP contribution in [0, 0.1) is 0 Å². The molecule has 3 heteroatoms. The number of carbonyl (C=O) groups excluding carboxylic acids is 1. The highest BCUT2D eigenvalue weighted by Crippen LogP contribution is 2.31. The van der Waals surface area contributed by atoms with E-state index in [4.69, 9.17) is 5.10 Å². The summed E-state index contributed by atoms with van der Waals surface area (Å²) in [6.07, 6.45) is 1.84. The highest BCUT2D eigenvalue weighted by atomic mass is 16.1. The maximum absolute atomic E-state index is 13.4. The number of carbonyl (C=O) groups is 1. The van der Waals surface area contributed by atoms with E-state index in [1.807, 2.05) is 91.1 Å². The summed E-state index contributed by atoms with van der Waals surface area (Å²) >= 11 is 0. The van der Waals surface area contributed by atoms with Crippen molar-refractivity contribution in [3.05, 3.63) is 120 Å². The first kappa shape index (κ1) is 17.1. The number of benzene rings is 4. The summed E-state index contributed by atoms with van der Waals surface area (Å²) in [5, 5.41) is 7.04. The zero-order valence-electron chi connectivity index (χ0n) is 15.7. The molecule has 0 aliphatic heterocycles. The Morgan fingerprint density at radius 3 is 2.14 bits per heavy atom. The van der Waals surface area contributed by atoms with Gasteiger partial charge in [-0.25, -0.2) is 4.68 Å². The van der Waals surface area contributed by atoms with Gasteiger partial charge in [-0.1, -0.05) is 91.0 Å². The van der Waals surface area contributed by atoms with Gasteiger partial charge in [-0.15, -0.1) is 0 Å². The smallest absolute Gasteiger partial charge is 0.196 e.